The van der Waals surface area contributed by atoms with Gasteiger partial charge in [-0.05, 0) is 37.3 Å². The fourth-order valence-electron chi connectivity index (χ4n) is 2.32. The normalized spacial score (nSPS) is 11.9. The number of sulfonamides is 1. The molecule has 3 aromatic rings. The maximum atomic E-state index is 12.9. The number of carbonyl (C=O) groups is 1. The number of benzene rings is 2. The molecular weight excluding hydrogens is 429 g/mol. The molecule has 0 aliphatic heterocycles. The predicted molar refractivity (Wildman–Crippen MR) is 101 cm³/mol. The fourth-order valence-corrected chi connectivity index (χ4v) is 4.04. The second kappa shape index (κ2) is 7.79. The van der Waals surface area contributed by atoms with Gasteiger partial charge in [-0.25, -0.2) is 8.42 Å². The number of carbonyl (C=O) groups excluding carboxylic acids is 1. The maximum Gasteiger partial charge on any atom is 0.416 e. The maximum absolute atomic E-state index is 12.9. The van der Waals surface area contributed by atoms with Crippen molar-refractivity contribution < 1.29 is 26.4 Å². The Labute approximate surface area is 167 Å². The zero-order valence-electron chi connectivity index (χ0n) is 14.7. The lowest BCUT2D eigenvalue weighted by molar-refractivity contribution is -0.137. The van der Waals surface area contributed by atoms with E-state index in [9.17, 15) is 26.4 Å². The van der Waals surface area contributed by atoms with Crippen LogP contribution in [0.25, 0.3) is 0 Å². The molecule has 0 atom stereocenters. The third kappa shape index (κ3) is 4.90. The molecule has 1 amide bonds. The molecular formula is C17H13F3N4O3S2. The number of nitrogens with zero attached hydrogens (tertiary/aromatic N) is 2. The van der Waals surface area contributed by atoms with Crippen molar-refractivity contribution >= 4 is 38.1 Å². The van der Waals surface area contributed by atoms with E-state index in [0.717, 1.165) is 29.5 Å². The van der Waals surface area contributed by atoms with Crippen molar-refractivity contribution in [1.82, 2.24) is 10.2 Å². The summed E-state index contributed by atoms with van der Waals surface area (Å²) < 4.78 is 66.0. The fraction of sp³-hybridized carbons (Fsp3) is 0.118. The van der Waals surface area contributed by atoms with Crippen molar-refractivity contribution in [2.75, 3.05) is 10.0 Å². The number of hydrogen-bond donors (Lipinski definition) is 2. The molecule has 152 valence electrons. The number of rotatable bonds is 5. The Morgan fingerprint density at radius 3 is 2.45 bits per heavy atom. The molecule has 1 heterocycles. The monoisotopic (exact) mass is 442 g/mol. The lowest BCUT2D eigenvalue weighted by atomic mass is 10.2. The Morgan fingerprint density at radius 1 is 1.07 bits per heavy atom. The van der Waals surface area contributed by atoms with Gasteiger partial charge < -0.3 is 0 Å². The summed E-state index contributed by atoms with van der Waals surface area (Å²) in [7, 11) is -4.38. The van der Waals surface area contributed by atoms with E-state index in [1.807, 2.05) is 0 Å². The zero-order chi connectivity index (χ0) is 21.2. The third-order valence-electron chi connectivity index (χ3n) is 3.63. The molecule has 12 heteroatoms. The number of aromatic nitrogens is 2. The summed E-state index contributed by atoms with van der Waals surface area (Å²) in [5, 5.41) is 10.9. The number of halogens is 3. The molecule has 0 bridgehead atoms. The van der Waals surface area contributed by atoms with E-state index in [1.54, 1.807) is 6.92 Å². The third-order valence-corrected chi connectivity index (χ3v) is 5.75. The summed E-state index contributed by atoms with van der Waals surface area (Å²) in [6, 6.07) is 9.01. The summed E-state index contributed by atoms with van der Waals surface area (Å²) in [5.41, 5.74) is -1.22. The number of amides is 1. The Balaban J connectivity index is 1.89. The van der Waals surface area contributed by atoms with Gasteiger partial charge in [0.1, 0.15) is 5.01 Å². The quantitative estimate of drug-likeness (QED) is 0.624. The summed E-state index contributed by atoms with van der Waals surface area (Å²) in [6.07, 6.45) is -4.69. The topological polar surface area (TPSA) is 101 Å². The molecule has 0 radical (unpaired) electrons. The average molecular weight is 442 g/mol. The Hall–Kier alpha value is -2.99. The van der Waals surface area contributed by atoms with Gasteiger partial charge in [0.05, 0.1) is 21.7 Å². The standard InChI is InChI=1S/C17H13F3N4O3S2/c1-10-22-23-16(28-10)21-15(25)13-7-2-3-8-14(13)24-29(26,27)12-6-4-5-11(9-12)17(18,19)20/h2-9,24H,1H3,(H,21,23,25). The second-order valence-electron chi connectivity index (χ2n) is 5.76. The molecule has 0 saturated carbocycles. The lowest BCUT2D eigenvalue weighted by Gasteiger charge is -2.13. The van der Waals surface area contributed by atoms with Crippen molar-refractivity contribution in [3.05, 3.63) is 64.7 Å². The first kappa shape index (κ1) is 20.7. The molecule has 3 rings (SSSR count). The Kier molecular flexibility index (Phi) is 5.57. The van der Waals surface area contributed by atoms with E-state index in [0.29, 0.717) is 11.1 Å². The van der Waals surface area contributed by atoms with Crippen LogP contribution >= 0.6 is 11.3 Å². The first-order chi connectivity index (χ1) is 13.6. The van der Waals surface area contributed by atoms with E-state index in [1.165, 1.54) is 24.3 Å². The van der Waals surface area contributed by atoms with Crippen molar-refractivity contribution in [2.24, 2.45) is 0 Å². The summed E-state index contributed by atoms with van der Waals surface area (Å²) in [6.45, 7) is 1.70. The second-order valence-corrected chi connectivity index (χ2v) is 8.62. The molecule has 1 aromatic heterocycles. The molecule has 0 spiro atoms. The van der Waals surface area contributed by atoms with Gasteiger partial charge in [0, 0.05) is 0 Å². The van der Waals surface area contributed by atoms with Gasteiger partial charge in [-0.3, -0.25) is 14.8 Å². The number of aryl methyl sites for hydroxylation is 1. The number of anilines is 2. The highest BCUT2D eigenvalue weighted by Crippen LogP contribution is 2.31. The van der Waals surface area contributed by atoms with E-state index < -0.39 is 32.6 Å². The van der Waals surface area contributed by atoms with Crippen molar-refractivity contribution in [2.45, 2.75) is 18.0 Å². The van der Waals surface area contributed by atoms with Gasteiger partial charge in [0.15, 0.2) is 0 Å². The van der Waals surface area contributed by atoms with Crippen LogP contribution in [-0.4, -0.2) is 24.5 Å². The van der Waals surface area contributed by atoms with Crippen LogP contribution in [0.5, 0.6) is 0 Å². The number of para-hydroxylation sites is 1. The van der Waals surface area contributed by atoms with Crippen LogP contribution in [0, 0.1) is 6.92 Å². The molecule has 0 aliphatic carbocycles. The number of nitrogens with one attached hydrogen (secondary N) is 2. The van der Waals surface area contributed by atoms with Gasteiger partial charge in [-0.15, -0.1) is 10.2 Å². The average Bonchev–Trinajstić information content (AvgIpc) is 3.06. The van der Waals surface area contributed by atoms with Gasteiger partial charge in [0.25, 0.3) is 15.9 Å². The predicted octanol–water partition coefficient (Wildman–Crippen LogP) is 3.92. The van der Waals surface area contributed by atoms with Crippen LogP contribution in [0.4, 0.5) is 24.0 Å². The van der Waals surface area contributed by atoms with Crippen molar-refractivity contribution in [1.29, 1.82) is 0 Å². The minimum atomic E-state index is -4.69. The van der Waals surface area contributed by atoms with E-state index in [-0.39, 0.29) is 16.4 Å². The number of hydrogen-bond acceptors (Lipinski definition) is 6. The smallest absolute Gasteiger partial charge is 0.296 e. The first-order valence-electron chi connectivity index (χ1n) is 7.97. The SMILES string of the molecule is Cc1nnc(NC(=O)c2ccccc2NS(=O)(=O)c2cccc(C(F)(F)F)c2)s1. The van der Waals surface area contributed by atoms with Gasteiger partial charge >= 0.3 is 6.18 Å². The highest BCUT2D eigenvalue weighted by atomic mass is 32.2. The minimum absolute atomic E-state index is 0.0316. The van der Waals surface area contributed by atoms with Crippen LogP contribution < -0.4 is 10.0 Å². The van der Waals surface area contributed by atoms with E-state index in [2.05, 4.69) is 20.2 Å². The van der Waals surface area contributed by atoms with Gasteiger partial charge in [-0.2, -0.15) is 13.2 Å². The number of alkyl halides is 3. The Bertz CT molecular complexity index is 1160. The van der Waals surface area contributed by atoms with Crippen molar-refractivity contribution in [3.63, 3.8) is 0 Å². The van der Waals surface area contributed by atoms with Crippen LogP contribution in [-0.2, 0) is 16.2 Å². The largest absolute Gasteiger partial charge is 0.416 e. The molecule has 0 fully saturated rings. The zero-order valence-corrected chi connectivity index (χ0v) is 16.3. The molecule has 0 aliphatic rings. The summed E-state index contributed by atoms with van der Waals surface area (Å²) >= 11 is 1.13. The van der Waals surface area contributed by atoms with Crippen LogP contribution in [0.3, 0.4) is 0 Å². The molecule has 29 heavy (non-hydrogen) atoms. The van der Waals surface area contributed by atoms with E-state index >= 15 is 0 Å². The lowest BCUT2D eigenvalue weighted by Crippen LogP contribution is -2.19. The van der Waals surface area contributed by atoms with Gasteiger partial charge in [0.2, 0.25) is 5.13 Å². The van der Waals surface area contributed by atoms with Crippen LogP contribution in [0.2, 0.25) is 0 Å². The molecule has 2 aromatic carbocycles. The van der Waals surface area contributed by atoms with Crippen LogP contribution in [0.15, 0.2) is 53.4 Å². The van der Waals surface area contributed by atoms with E-state index in [4.69, 9.17) is 0 Å². The van der Waals surface area contributed by atoms with Crippen molar-refractivity contribution in [3.8, 4) is 0 Å². The summed E-state index contributed by atoms with van der Waals surface area (Å²) in [4.78, 5) is 11.9. The molecule has 2 N–H and O–H groups in total. The highest BCUT2D eigenvalue weighted by molar-refractivity contribution is 7.92. The van der Waals surface area contributed by atoms with Gasteiger partial charge in [-0.1, -0.05) is 29.5 Å². The molecule has 0 unspecified atom stereocenters. The highest BCUT2D eigenvalue weighted by Gasteiger charge is 2.31. The summed E-state index contributed by atoms with van der Waals surface area (Å²) in [5.74, 6) is -0.650. The minimum Gasteiger partial charge on any atom is -0.296 e. The molecule has 7 nitrogen and oxygen atoms in total. The first-order valence-corrected chi connectivity index (χ1v) is 10.3. The van der Waals surface area contributed by atoms with Crippen LogP contribution in [0.1, 0.15) is 20.9 Å². The Morgan fingerprint density at radius 2 is 1.79 bits per heavy atom. The molecule has 0 saturated heterocycles.